The highest BCUT2D eigenvalue weighted by molar-refractivity contribution is 6.35. The van der Waals surface area contributed by atoms with Crippen molar-refractivity contribution in [2.45, 2.75) is 11.9 Å². The highest BCUT2D eigenvalue weighted by Crippen LogP contribution is 2.29. The van der Waals surface area contributed by atoms with Crippen molar-refractivity contribution in [1.82, 2.24) is 4.57 Å². The molecule has 0 radical (unpaired) electrons. The Morgan fingerprint density at radius 1 is 1.09 bits per heavy atom. The molecule has 0 spiro atoms. The largest absolute Gasteiger partial charge is 0.395 e. The van der Waals surface area contributed by atoms with E-state index < -0.39 is 5.38 Å². The van der Waals surface area contributed by atoms with E-state index in [2.05, 4.69) is 0 Å². The molecule has 1 atom stereocenters. The fourth-order valence-electron chi connectivity index (χ4n) is 2.65. The number of carbonyl (C=O) groups is 1. The van der Waals surface area contributed by atoms with Gasteiger partial charge in [-0.1, -0.05) is 48.5 Å². The number of para-hydroxylation sites is 1. The topological polar surface area (TPSA) is 42.2 Å². The lowest BCUT2D eigenvalue weighted by Gasteiger charge is -2.08. The Kier molecular flexibility index (Phi) is 4.27. The molecule has 3 rings (SSSR count). The number of nitrogens with zero attached hydrogens (tertiary/aromatic N) is 1. The quantitative estimate of drug-likeness (QED) is 0.575. The zero-order valence-electron chi connectivity index (χ0n) is 11.9. The van der Waals surface area contributed by atoms with Gasteiger partial charge in [0.05, 0.1) is 6.61 Å². The standard InChI is InChI=1S/C18H16ClNO2/c19-17(13-6-2-1-3-7-13)18(22)15-12-20(10-11-21)16-9-5-4-8-14(15)16/h1-9,12,17,21H,10-11H2. The minimum atomic E-state index is -0.713. The Bertz CT molecular complexity index is 795. The average molecular weight is 314 g/mol. The molecule has 0 fully saturated rings. The Labute approximate surface area is 133 Å². The Hall–Kier alpha value is -2.10. The average Bonchev–Trinajstić information content (AvgIpc) is 2.94. The summed E-state index contributed by atoms with van der Waals surface area (Å²) in [5.74, 6) is -0.124. The van der Waals surface area contributed by atoms with Gasteiger partial charge in [0, 0.05) is 29.2 Å². The molecule has 0 saturated carbocycles. The zero-order chi connectivity index (χ0) is 15.5. The molecule has 112 valence electrons. The second-order valence-electron chi connectivity index (χ2n) is 5.11. The second-order valence-corrected chi connectivity index (χ2v) is 5.55. The number of halogens is 1. The smallest absolute Gasteiger partial charge is 0.187 e. The normalized spacial score (nSPS) is 12.5. The van der Waals surface area contributed by atoms with Gasteiger partial charge in [0.1, 0.15) is 5.38 Å². The third kappa shape index (κ3) is 2.65. The van der Waals surface area contributed by atoms with Gasteiger partial charge in [0.15, 0.2) is 5.78 Å². The molecule has 0 aliphatic rings. The Morgan fingerprint density at radius 2 is 1.77 bits per heavy atom. The fraction of sp³-hybridized carbons (Fsp3) is 0.167. The third-order valence-corrected chi connectivity index (χ3v) is 4.17. The SMILES string of the molecule is O=C(c1cn(CCO)c2ccccc12)C(Cl)c1ccccc1. The van der Waals surface area contributed by atoms with Crippen LogP contribution in [0.3, 0.4) is 0 Å². The van der Waals surface area contributed by atoms with E-state index in [9.17, 15) is 9.90 Å². The fourth-order valence-corrected chi connectivity index (χ4v) is 2.91. The maximum absolute atomic E-state index is 12.8. The third-order valence-electron chi connectivity index (χ3n) is 3.72. The first-order chi connectivity index (χ1) is 10.7. The number of Topliss-reactive ketones (excluding diaryl/α,β-unsaturated/α-hetero) is 1. The van der Waals surface area contributed by atoms with Crippen molar-refractivity contribution in [3.8, 4) is 0 Å². The molecule has 22 heavy (non-hydrogen) atoms. The first kappa shape index (κ1) is 14.8. The van der Waals surface area contributed by atoms with Gasteiger partial charge in [-0.05, 0) is 11.6 Å². The van der Waals surface area contributed by atoms with E-state index >= 15 is 0 Å². The van der Waals surface area contributed by atoms with Crippen LogP contribution in [0.25, 0.3) is 10.9 Å². The Morgan fingerprint density at radius 3 is 2.50 bits per heavy atom. The Balaban J connectivity index is 2.04. The number of hydrogen-bond acceptors (Lipinski definition) is 2. The van der Waals surface area contributed by atoms with Gasteiger partial charge in [-0.2, -0.15) is 0 Å². The number of carbonyl (C=O) groups excluding carboxylic acids is 1. The van der Waals surface area contributed by atoms with Gasteiger partial charge >= 0.3 is 0 Å². The number of alkyl halides is 1. The molecule has 4 heteroatoms. The van der Waals surface area contributed by atoms with Crippen LogP contribution in [-0.4, -0.2) is 22.1 Å². The summed E-state index contributed by atoms with van der Waals surface area (Å²) in [4.78, 5) is 12.8. The van der Waals surface area contributed by atoms with Crippen LogP contribution in [0.4, 0.5) is 0 Å². The number of fused-ring (bicyclic) bond motifs is 1. The summed E-state index contributed by atoms with van der Waals surface area (Å²) < 4.78 is 1.89. The molecule has 1 unspecified atom stereocenters. The van der Waals surface area contributed by atoms with Gasteiger partial charge in [-0.15, -0.1) is 11.6 Å². The van der Waals surface area contributed by atoms with E-state index in [4.69, 9.17) is 11.6 Å². The highest BCUT2D eigenvalue weighted by atomic mass is 35.5. The van der Waals surface area contributed by atoms with Crippen LogP contribution in [0.2, 0.25) is 0 Å². The summed E-state index contributed by atoms with van der Waals surface area (Å²) in [6, 6.07) is 17.0. The summed E-state index contributed by atoms with van der Waals surface area (Å²) in [6.45, 7) is 0.474. The number of hydrogen-bond donors (Lipinski definition) is 1. The molecule has 0 bridgehead atoms. The van der Waals surface area contributed by atoms with Crippen LogP contribution >= 0.6 is 11.6 Å². The van der Waals surface area contributed by atoms with E-state index in [-0.39, 0.29) is 12.4 Å². The maximum Gasteiger partial charge on any atom is 0.187 e. The number of aliphatic hydroxyl groups excluding tert-OH is 1. The van der Waals surface area contributed by atoms with Crippen LogP contribution < -0.4 is 0 Å². The number of ketones is 1. The van der Waals surface area contributed by atoms with Gasteiger partial charge in [-0.25, -0.2) is 0 Å². The summed E-state index contributed by atoms with van der Waals surface area (Å²) in [5, 5.41) is 9.33. The summed E-state index contributed by atoms with van der Waals surface area (Å²) in [6.07, 6.45) is 1.78. The van der Waals surface area contributed by atoms with Crippen molar-refractivity contribution >= 4 is 28.3 Å². The van der Waals surface area contributed by atoms with Crippen LogP contribution in [0, 0.1) is 0 Å². The van der Waals surface area contributed by atoms with Gasteiger partial charge in [0.25, 0.3) is 0 Å². The molecule has 1 N–H and O–H groups in total. The van der Waals surface area contributed by atoms with Crippen molar-refractivity contribution < 1.29 is 9.90 Å². The summed E-state index contributed by atoms with van der Waals surface area (Å²) in [7, 11) is 0. The molecule has 0 amide bonds. The number of aromatic nitrogens is 1. The number of aliphatic hydroxyl groups is 1. The lowest BCUT2D eigenvalue weighted by molar-refractivity contribution is 0.0988. The maximum atomic E-state index is 12.8. The minimum absolute atomic E-state index is 0.0231. The molecule has 1 heterocycles. The van der Waals surface area contributed by atoms with Crippen molar-refractivity contribution in [3.63, 3.8) is 0 Å². The number of benzene rings is 2. The van der Waals surface area contributed by atoms with Crippen LogP contribution in [0.5, 0.6) is 0 Å². The summed E-state index contributed by atoms with van der Waals surface area (Å²) in [5.41, 5.74) is 2.30. The predicted octanol–water partition coefficient (Wildman–Crippen LogP) is 3.80. The predicted molar refractivity (Wildman–Crippen MR) is 88.4 cm³/mol. The molecule has 0 aliphatic carbocycles. The van der Waals surface area contributed by atoms with Crippen molar-refractivity contribution in [2.24, 2.45) is 0 Å². The van der Waals surface area contributed by atoms with E-state index in [0.717, 1.165) is 16.5 Å². The molecule has 0 saturated heterocycles. The molecule has 3 aromatic rings. The highest BCUT2D eigenvalue weighted by Gasteiger charge is 2.23. The van der Waals surface area contributed by atoms with Gasteiger partial charge in [0.2, 0.25) is 0 Å². The van der Waals surface area contributed by atoms with Gasteiger partial charge in [-0.3, -0.25) is 4.79 Å². The van der Waals surface area contributed by atoms with Crippen LogP contribution in [-0.2, 0) is 6.54 Å². The molecular formula is C18H16ClNO2. The number of rotatable bonds is 5. The van der Waals surface area contributed by atoms with E-state index in [0.29, 0.717) is 12.1 Å². The molecule has 0 aliphatic heterocycles. The van der Waals surface area contributed by atoms with Crippen LogP contribution in [0.15, 0.2) is 60.8 Å². The second kappa shape index (κ2) is 6.34. The molecular weight excluding hydrogens is 298 g/mol. The lowest BCUT2D eigenvalue weighted by atomic mass is 10.0. The zero-order valence-corrected chi connectivity index (χ0v) is 12.7. The van der Waals surface area contributed by atoms with Crippen molar-refractivity contribution in [3.05, 3.63) is 71.9 Å². The summed E-state index contributed by atoms with van der Waals surface area (Å²) >= 11 is 6.37. The minimum Gasteiger partial charge on any atom is -0.395 e. The first-order valence-electron chi connectivity index (χ1n) is 7.14. The lowest BCUT2D eigenvalue weighted by Crippen LogP contribution is -2.07. The van der Waals surface area contributed by atoms with E-state index in [1.807, 2.05) is 59.2 Å². The molecule has 2 aromatic carbocycles. The van der Waals surface area contributed by atoms with Crippen LogP contribution in [0.1, 0.15) is 21.3 Å². The molecule has 1 aromatic heterocycles. The van der Waals surface area contributed by atoms with E-state index in [1.165, 1.54) is 0 Å². The molecule has 3 nitrogen and oxygen atoms in total. The van der Waals surface area contributed by atoms with Gasteiger partial charge < -0.3 is 9.67 Å². The van der Waals surface area contributed by atoms with E-state index in [1.54, 1.807) is 6.20 Å². The van der Waals surface area contributed by atoms with Crippen molar-refractivity contribution in [2.75, 3.05) is 6.61 Å². The monoisotopic (exact) mass is 313 g/mol. The van der Waals surface area contributed by atoms with Crippen molar-refractivity contribution in [1.29, 1.82) is 0 Å². The first-order valence-corrected chi connectivity index (χ1v) is 7.58.